The van der Waals surface area contributed by atoms with E-state index in [1.807, 2.05) is 4.68 Å². The summed E-state index contributed by atoms with van der Waals surface area (Å²) in [5.41, 5.74) is 0. The fourth-order valence-corrected chi connectivity index (χ4v) is 2.30. The minimum atomic E-state index is 0.690. The molecule has 1 unspecified atom stereocenters. The Kier molecular flexibility index (Phi) is 5.91. The highest BCUT2D eigenvalue weighted by atomic mass is 79.9. The predicted molar refractivity (Wildman–Crippen MR) is 66.2 cm³/mol. The number of aromatic nitrogens is 3. The largest absolute Gasteiger partial charge is 0.250 e. The number of alkyl halides is 1. The molecule has 1 rings (SSSR count). The van der Waals surface area contributed by atoms with Crippen LogP contribution in [0.4, 0.5) is 0 Å². The van der Waals surface area contributed by atoms with Crippen molar-refractivity contribution in [2.45, 2.75) is 46.1 Å². The van der Waals surface area contributed by atoms with Gasteiger partial charge in [-0.05, 0) is 18.8 Å². The normalized spacial score (nSPS) is 13.0. The molecule has 0 aliphatic rings. The Balaban J connectivity index is 2.57. The summed E-state index contributed by atoms with van der Waals surface area (Å²) in [6, 6.07) is 0. The molecular formula is C11H20BrN3. The zero-order valence-electron chi connectivity index (χ0n) is 9.62. The Morgan fingerprint density at radius 1 is 1.40 bits per heavy atom. The molecule has 0 fully saturated rings. The maximum atomic E-state index is 4.34. The van der Waals surface area contributed by atoms with E-state index in [0.29, 0.717) is 5.92 Å². The van der Waals surface area contributed by atoms with Crippen LogP contribution in [0, 0.1) is 5.92 Å². The van der Waals surface area contributed by atoms with Crippen molar-refractivity contribution in [3.8, 4) is 0 Å². The molecule has 0 spiro atoms. The first-order valence-electron chi connectivity index (χ1n) is 5.74. The standard InChI is InChI=1S/C11H20BrN3/c1-3-5-10(8-12)7-11-13-9-14-15(11)6-4-2/h9-10H,3-8H2,1-2H3. The number of hydrogen-bond donors (Lipinski definition) is 0. The number of aryl methyl sites for hydroxylation is 1. The Morgan fingerprint density at radius 2 is 2.20 bits per heavy atom. The molecule has 0 N–H and O–H groups in total. The molecule has 0 aromatic carbocycles. The highest BCUT2D eigenvalue weighted by molar-refractivity contribution is 9.09. The molecule has 1 aromatic rings. The summed E-state index contributed by atoms with van der Waals surface area (Å²) < 4.78 is 2.03. The van der Waals surface area contributed by atoms with Gasteiger partial charge in [0.25, 0.3) is 0 Å². The molecule has 0 aliphatic heterocycles. The van der Waals surface area contributed by atoms with Crippen molar-refractivity contribution in [1.82, 2.24) is 14.8 Å². The zero-order valence-corrected chi connectivity index (χ0v) is 11.2. The van der Waals surface area contributed by atoms with Crippen LogP contribution >= 0.6 is 15.9 Å². The maximum Gasteiger partial charge on any atom is 0.138 e. The number of halogens is 1. The van der Waals surface area contributed by atoms with Gasteiger partial charge in [-0.1, -0.05) is 36.2 Å². The minimum Gasteiger partial charge on any atom is -0.250 e. The van der Waals surface area contributed by atoms with Crippen LogP contribution in [0.5, 0.6) is 0 Å². The van der Waals surface area contributed by atoms with Gasteiger partial charge in [-0.25, -0.2) is 4.98 Å². The highest BCUT2D eigenvalue weighted by Crippen LogP contribution is 2.15. The van der Waals surface area contributed by atoms with E-state index in [-0.39, 0.29) is 0 Å². The Hall–Kier alpha value is -0.380. The molecule has 0 radical (unpaired) electrons. The quantitative estimate of drug-likeness (QED) is 0.715. The van der Waals surface area contributed by atoms with Crippen molar-refractivity contribution in [3.05, 3.63) is 12.2 Å². The molecule has 4 heteroatoms. The van der Waals surface area contributed by atoms with Gasteiger partial charge in [0.05, 0.1) is 0 Å². The van der Waals surface area contributed by atoms with Crippen LogP contribution in [-0.2, 0) is 13.0 Å². The molecule has 86 valence electrons. The van der Waals surface area contributed by atoms with Crippen molar-refractivity contribution in [1.29, 1.82) is 0 Å². The highest BCUT2D eigenvalue weighted by Gasteiger charge is 2.11. The molecule has 1 aromatic heterocycles. The summed E-state index contributed by atoms with van der Waals surface area (Å²) in [6.07, 6.45) is 6.31. The lowest BCUT2D eigenvalue weighted by atomic mass is 10.0. The van der Waals surface area contributed by atoms with Crippen molar-refractivity contribution < 1.29 is 0 Å². The van der Waals surface area contributed by atoms with Crippen LogP contribution < -0.4 is 0 Å². The predicted octanol–water partition coefficient (Wildman–Crippen LogP) is 3.04. The second-order valence-electron chi connectivity index (χ2n) is 3.91. The molecule has 0 amide bonds. The third-order valence-corrected chi connectivity index (χ3v) is 3.43. The Bertz CT molecular complexity index is 273. The summed E-state index contributed by atoms with van der Waals surface area (Å²) in [5.74, 6) is 1.82. The summed E-state index contributed by atoms with van der Waals surface area (Å²) >= 11 is 3.57. The van der Waals surface area contributed by atoms with Crippen LogP contribution in [-0.4, -0.2) is 20.1 Å². The van der Waals surface area contributed by atoms with Gasteiger partial charge < -0.3 is 0 Å². The van der Waals surface area contributed by atoms with Crippen molar-refractivity contribution in [2.24, 2.45) is 5.92 Å². The first-order valence-corrected chi connectivity index (χ1v) is 6.86. The molecule has 1 atom stereocenters. The van der Waals surface area contributed by atoms with E-state index in [4.69, 9.17) is 0 Å². The smallest absolute Gasteiger partial charge is 0.138 e. The average Bonchev–Trinajstić information content (AvgIpc) is 2.66. The van der Waals surface area contributed by atoms with Crippen molar-refractivity contribution in [2.75, 3.05) is 5.33 Å². The third kappa shape index (κ3) is 3.93. The maximum absolute atomic E-state index is 4.34. The number of rotatable bonds is 7. The summed E-state index contributed by atoms with van der Waals surface area (Å²) in [7, 11) is 0. The van der Waals surface area contributed by atoms with Gasteiger partial charge in [-0.2, -0.15) is 5.10 Å². The van der Waals surface area contributed by atoms with Gasteiger partial charge >= 0.3 is 0 Å². The lowest BCUT2D eigenvalue weighted by Gasteiger charge is -2.12. The number of hydrogen-bond acceptors (Lipinski definition) is 2. The number of nitrogens with zero attached hydrogens (tertiary/aromatic N) is 3. The van der Waals surface area contributed by atoms with Crippen molar-refractivity contribution >= 4 is 15.9 Å². The van der Waals surface area contributed by atoms with Gasteiger partial charge in [-0.3, -0.25) is 4.68 Å². The summed E-state index contributed by atoms with van der Waals surface area (Å²) in [4.78, 5) is 4.34. The van der Waals surface area contributed by atoms with Crippen LogP contribution in [0.25, 0.3) is 0 Å². The van der Waals surface area contributed by atoms with Gasteiger partial charge in [0.2, 0.25) is 0 Å². The van der Waals surface area contributed by atoms with E-state index in [0.717, 1.165) is 30.5 Å². The molecule has 0 aliphatic carbocycles. The molecule has 15 heavy (non-hydrogen) atoms. The van der Waals surface area contributed by atoms with Crippen molar-refractivity contribution in [3.63, 3.8) is 0 Å². The minimum absolute atomic E-state index is 0.690. The van der Waals surface area contributed by atoms with E-state index in [2.05, 4.69) is 39.9 Å². The zero-order chi connectivity index (χ0) is 11.1. The molecule has 0 bridgehead atoms. The Labute approximate surface area is 100 Å². The SMILES string of the molecule is CCCC(CBr)Cc1ncnn1CCC. The van der Waals surface area contributed by atoms with Gasteiger partial charge in [0.15, 0.2) is 0 Å². The van der Waals surface area contributed by atoms with Gasteiger partial charge in [0, 0.05) is 18.3 Å². The fraction of sp³-hybridized carbons (Fsp3) is 0.818. The molecular weight excluding hydrogens is 254 g/mol. The lowest BCUT2D eigenvalue weighted by Crippen LogP contribution is -2.12. The molecule has 0 saturated carbocycles. The van der Waals surface area contributed by atoms with E-state index in [1.54, 1.807) is 6.33 Å². The van der Waals surface area contributed by atoms with Gasteiger partial charge in [-0.15, -0.1) is 0 Å². The van der Waals surface area contributed by atoms with E-state index >= 15 is 0 Å². The molecule has 0 saturated heterocycles. The van der Waals surface area contributed by atoms with Crippen LogP contribution in [0.2, 0.25) is 0 Å². The Morgan fingerprint density at radius 3 is 2.80 bits per heavy atom. The van der Waals surface area contributed by atoms with Crippen LogP contribution in [0.1, 0.15) is 38.9 Å². The van der Waals surface area contributed by atoms with E-state index < -0.39 is 0 Å². The van der Waals surface area contributed by atoms with E-state index in [1.165, 1.54) is 12.8 Å². The van der Waals surface area contributed by atoms with Gasteiger partial charge in [0.1, 0.15) is 12.2 Å². The van der Waals surface area contributed by atoms with E-state index in [9.17, 15) is 0 Å². The average molecular weight is 274 g/mol. The van der Waals surface area contributed by atoms with Crippen LogP contribution in [0.15, 0.2) is 6.33 Å². The molecule has 1 heterocycles. The first kappa shape index (κ1) is 12.7. The second-order valence-corrected chi connectivity index (χ2v) is 4.56. The fourth-order valence-electron chi connectivity index (χ4n) is 1.74. The summed E-state index contributed by atoms with van der Waals surface area (Å²) in [5, 5.41) is 5.30. The van der Waals surface area contributed by atoms with Crippen LogP contribution in [0.3, 0.4) is 0 Å². The topological polar surface area (TPSA) is 30.7 Å². The summed E-state index contributed by atoms with van der Waals surface area (Å²) in [6.45, 7) is 5.38. The monoisotopic (exact) mass is 273 g/mol. The second kappa shape index (κ2) is 6.99. The first-order chi connectivity index (χ1) is 7.31. The molecule has 3 nitrogen and oxygen atoms in total. The lowest BCUT2D eigenvalue weighted by molar-refractivity contribution is 0.485. The third-order valence-electron chi connectivity index (χ3n) is 2.52.